The van der Waals surface area contributed by atoms with Crippen LogP contribution in [0.3, 0.4) is 0 Å². The van der Waals surface area contributed by atoms with Crippen LogP contribution < -0.4 is 21.3 Å². The van der Waals surface area contributed by atoms with Gasteiger partial charge >= 0.3 is 11.9 Å². The number of nitrogens with one attached hydrogen (secondary N) is 4. The van der Waals surface area contributed by atoms with Gasteiger partial charge in [0.2, 0.25) is 29.4 Å². The highest BCUT2D eigenvalue weighted by atomic mass is 79.9. The summed E-state index contributed by atoms with van der Waals surface area (Å²) < 4.78 is 11.7. The fraction of sp³-hybridized carbons (Fsp3) is 0.619. The molecule has 3 fully saturated rings. The molecule has 22 heteroatoms. The van der Waals surface area contributed by atoms with E-state index in [2.05, 4.69) is 53.1 Å². The van der Waals surface area contributed by atoms with Crippen molar-refractivity contribution >= 4 is 102 Å². The predicted molar refractivity (Wildman–Crippen MR) is 232 cm³/mol. The number of ether oxygens (including phenoxy) is 2. The summed E-state index contributed by atoms with van der Waals surface area (Å²) in [5.41, 5.74) is -2.77. The number of hydrogen-bond donors (Lipinski definition) is 6. The highest BCUT2D eigenvalue weighted by Crippen LogP contribution is 2.72. The molecule has 6 amide bonds. The lowest BCUT2D eigenvalue weighted by atomic mass is 9.45. The zero-order valence-corrected chi connectivity index (χ0v) is 39.6. The minimum atomic E-state index is -1.71. The van der Waals surface area contributed by atoms with Crippen molar-refractivity contribution in [3.8, 4) is 0 Å². The van der Waals surface area contributed by atoms with Crippen LogP contribution in [0.15, 0.2) is 32.8 Å². The number of Topliss-reactive ketones (excluding diaryl/α,β-unsaturated/α-hetero) is 1. The highest BCUT2D eigenvalue weighted by Gasteiger charge is 2.76. The average molecular weight is 1050 g/mol. The molecule has 0 bridgehead atoms. The van der Waals surface area contributed by atoms with Crippen molar-refractivity contribution in [2.75, 3.05) is 33.0 Å². The van der Waals surface area contributed by atoms with E-state index in [1.807, 2.05) is 20.8 Å². The normalized spacial score (nSPS) is 31.0. The van der Waals surface area contributed by atoms with Gasteiger partial charge in [0.15, 0.2) is 11.4 Å². The van der Waals surface area contributed by atoms with E-state index in [-0.39, 0.29) is 52.4 Å². The molecular weight excluding hydrogens is 994 g/mol. The van der Waals surface area contributed by atoms with Gasteiger partial charge in [-0.2, -0.15) is 0 Å². The molecule has 5 aliphatic rings. The number of aliphatic hydroxyl groups excluding tert-OH is 1. The van der Waals surface area contributed by atoms with Crippen LogP contribution in [0.25, 0.3) is 0 Å². The fourth-order valence-electron chi connectivity index (χ4n) is 10.4. The molecule has 1 unspecified atom stereocenters. The fourth-order valence-corrected chi connectivity index (χ4v) is 11.7. The lowest BCUT2D eigenvalue weighted by Gasteiger charge is -2.64. The summed E-state index contributed by atoms with van der Waals surface area (Å²) in [5, 5.41) is 30.5. The smallest absolute Gasteiger partial charge is 0.306 e. The first-order valence-corrected chi connectivity index (χ1v) is 22.8. The van der Waals surface area contributed by atoms with E-state index in [0.29, 0.717) is 19.3 Å². The number of halogens is 3. The maximum atomic E-state index is 14.4. The molecule has 64 heavy (non-hydrogen) atoms. The van der Waals surface area contributed by atoms with Crippen molar-refractivity contribution in [1.29, 1.82) is 0 Å². The minimum Gasteiger partial charge on any atom is -0.481 e. The number of allylic oxidation sites excluding steroid dienone is 4. The molecular formula is C42H52Br2ClN5O14. The predicted octanol–water partition coefficient (Wildman–Crippen LogP) is 1.57. The Bertz CT molecular complexity index is 2090. The molecule has 0 aromatic heterocycles. The van der Waals surface area contributed by atoms with E-state index in [4.69, 9.17) is 26.2 Å². The number of carboxylic acids is 1. The van der Waals surface area contributed by atoms with Gasteiger partial charge < -0.3 is 41.0 Å². The van der Waals surface area contributed by atoms with Crippen LogP contribution in [0.1, 0.15) is 79.1 Å². The number of esters is 1. The lowest BCUT2D eigenvalue weighted by molar-refractivity contribution is -0.203. The van der Waals surface area contributed by atoms with E-state index in [1.165, 1.54) is 6.08 Å². The monoisotopic (exact) mass is 1040 g/mol. The number of rotatable bonds is 19. The molecule has 4 aliphatic carbocycles. The van der Waals surface area contributed by atoms with Gasteiger partial charge in [0.05, 0.1) is 24.1 Å². The van der Waals surface area contributed by atoms with Crippen LogP contribution in [-0.2, 0) is 57.4 Å². The van der Waals surface area contributed by atoms with E-state index >= 15 is 0 Å². The number of amides is 6. The maximum Gasteiger partial charge on any atom is 0.306 e. The average Bonchev–Trinajstić information content (AvgIpc) is 3.57. The number of carboxylic acid groups (broad SMARTS) is 1. The van der Waals surface area contributed by atoms with E-state index in [0.717, 1.165) is 10.5 Å². The van der Waals surface area contributed by atoms with Gasteiger partial charge in [-0.05, 0) is 88.0 Å². The Morgan fingerprint density at radius 1 is 0.953 bits per heavy atom. The lowest BCUT2D eigenvalue weighted by Crippen LogP contribution is -2.69. The molecule has 350 valence electrons. The Labute approximate surface area is 390 Å². The zero-order valence-electron chi connectivity index (χ0n) is 35.7. The van der Waals surface area contributed by atoms with Crippen LogP contribution in [-0.4, -0.2) is 130 Å². The van der Waals surface area contributed by atoms with Gasteiger partial charge in [-0.15, -0.1) is 11.6 Å². The number of hydrogen-bond acceptors (Lipinski definition) is 13. The number of ketones is 2. The minimum absolute atomic E-state index is 0.0173. The molecule has 0 saturated heterocycles. The second-order valence-electron chi connectivity index (χ2n) is 17.2. The molecule has 0 aromatic carbocycles. The number of aliphatic hydroxyl groups is 1. The van der Waals surface area contributed by atoms with Crippen LogP contribution in [0, 0.1) is 28.6 Å². The SMILES string of the molecule is CCC(=O)O[C@]1(C(=O)COCNC(=O)CNC(=O)CNC(=O)[C@H](CCC(=O)O)NC(=O)CCN2C(=O)C(Br)=C(Br)C2=O)[C@@H](C)CC2[C@@H]3CCC4=CC(=O)C=C[C@]4(C)[C@@]3(Cl)[C@@H](O)C[C@@]21C. The van der Waals surface area contributed by atoms with Crippen molar-refractivity contribution < 1.29 is 67.6 Å². The van der Waals surface area contributed by atoms with Gasteiger partial charge in [0, 0.05) is 42.6 Å². The first kappa shape index (κ1) is 50.7. The van der Waals surface area contributed by atoms with Crippen LogP contribution >= 0.6 is 43.5 Å². The summed E-state index contributed by atoms with van der Waals surface area (Å²) >= 11 is 13.5. The Morgan fingerprint density at radius 2 is 1.59 bits per heavy atom. The van der Waals surface area contributed by atoms with E-state index < -0.39 is 132 Å². The quantitative estimate of drug-likeness (QED) is 0.0353. The van der Waals surface area contributed by atoms with E-state index in [1.54, 1.807) is 19.1 Å². The number of fused-ring (bicyclic) bond motifs is 5. The van der Waals surface area contributed by atoms with Crippen molar-refractivity contribution in [2.24, 2.45) is 28.6 Å². The maximum absolute atomic E-state index is 14.4. The summed E-state index contributed by atoms with van der Waals surface area (Å²) in [7, 11) is 0. The number of nitrogens with zero attached hydrogens (tertiary/aromatic N) is 1. The Balaban J connectivity index is 1.12. The number of alkyl halides is 1. The Kier molecular flexibility index (Phi) is 15.9. The second kappa shape index (κ2) is 20.1. The van der Waals surface area contributed by atoms with Crippen molar-refractivity contribution in [2.45, 2.75) is 102 Å². The van der Waals surface area contributed by atoms with Gasteiger partial charge in [-0.3, -0.25) is 52.8 Å². The summed E-state index contributed by atoms with van der Waals surface area (Å²) in [6, 6.07) is -1.40. The van der Waals surface area contributed by atoms with Gasteiger partial charge in [-0.25, -0.2) is 0 Å². The van der Waals surface area contributed by atoms with E-state index in [9.17, 15) is 53.1 Å². The standard InChI is InChI=1S/C42H52Br2ClN5O14/c1-5-33(59)64-42(21(2)14-25-24-7-6-22-15-23(51)10-12-39(22,3)41(24,45)27(52)16-40(25,42)4)28(53)19-63-20-48-31(56)17-46-30(55)18-47-36(60)26(8-9-32(57)58)49-29(54)11-13-50-37(61)34(43)35(44)38(50)62/h10,12,15,21,24-27,52H,5-9,11,13-14,16-20H2,1-4H3,(H,46,55)(H,47,60)(H,48,56)(H,49,54)(H,57,58)/t21-,24-,25?,26-,27-,39-,40-,41-,42-/m0/s1. The van der Waals surface area contributed by atoms with Crippen molar-refractivity contribution in [3.05, 3.63) is 32.8 Å². The number of imide groups is 1. The first-order chi connectivity index (χ1) is 30.0. The van der Waals surface area contributed by atoms with Crippen molar-refractivity contribution in [3.63, 3.8) is 0 Å². The number of aliphatic carboxylic acids is 1. The molecule has 9 atom stereocenters. The molecule has 6 N–H and O–H groups in total. The number of carbonyl (C=O) groups is 10. The largest absolute Gasteiger partial charge is 0.481 e. The third-order valence-electron chi connectivity index (χ3n) is 13.6. The first-order valence-electron chi connectivity index (χ1n) is 20.9. The molecule has 3 saturated carbocycles. The van der Waals surface area contributed by atoms with Gasteiger partial charge in [-0.1, -0.05) is 39.3 Å². The van der Waals surface area contributed by atoms with Crippen LogP contribution in [0.4, 0.5) is 0 Å². The molecule has 1 heterocycles. The summed E-state index contributed by atoms with van der Waals surface area (Å²) in [6.07, 6.45) is 3.96. The van der Waals surface area contributed by atoms with Gasteiger partial charge in [0.25, 0.3) is 11.8 Å². The molecule has 0 radical (unpaired) electrons. The number of carbonyl (C=O) groups excluding carboxylic acids is 9. The molecule has 19 nitrogen and oxygen atoms in total. The van der Waals surface area contributed by atoms with Crippen LogP contribution in [0.5, 0.6) is 0 Å². The topological polar surface area (TPSA) is 281 Å². The third-order valence-corrected chi connectivity index (χ3v) is 16.5. The Morgan fingerprint density at radius 3 is 2.23 bits per heavy atom. The second-order valence-corrected chi connectivity index (χ2v) is 19.4. The Hall–Kier alpha value is -4.31. The van der Waals surface area contributed by atoms with Crippen LogP contribution in [0.2, 0.25) is 0 Å². The van der Waals surface area contributed by atoms with Crippen molar-refractivity contribution in [1.82, 2.24) is 26.2 Å². The van der Waals surface area contributed by atoms with Gasteiger partial charge in [0.1, 0.15) is 28.3 Å². The summed E-state index contributed by atoms with van der Waals surface area (Å²) in [5.74, 6) is -8.25. The highest BCUT2D eigenvalue weighted by molar-refractivity contribution is 9.14. The zero-order chi connectivity index (χ0) is 47.5. The molecule has 0 spiro atoms. The third kappa shape index (κ3) is 9.50. The summed E-state index contributed by atoms with van der Waals surface area (Å²) in [4.78, 5) is 126. The molecule has 5 rings (SSSR count). The summed E-state index contributed by atoms with van der Waals surface area (Å²) in [6.45, 7) is 4.57. The molecule has 0 aromatic rings. The molecule has 1 aliphatic heterocycles.